The second-order valence-electron chi connectivity index (χ2n) is 4.30. The van der Waals surface area contributed by atoms with Crippen LogP contribution in [0.3, 0.4) is 0 Å². The summed E-state index contributed by atoms with van der Waals surface area (Å²) in [5.74, 6) is -0.134. The van der Waals surface area contributed by atoms with E-state index < -0.39 is 0 Å². The van der Waals surface area contributed by atoms with Crippen LogP contribution in [-0.4, -0.2) is 22.3 Å². The molecule has 5 heteroatoms. The Morgan fingerprint density at radius 1 is 1.30 bits per heavy atom. The number of nitrogens with zero attached hydrogens (tertiary/aromatic N) is 2. The fourth-order valence-corrected chi connectivity index (χ4v) is 2.29. The maximum Gasteiger partial charge on any atom is 0.257 e. The number of halogens is 2. The number of amides is 1. The van der Waals surface area contributed by atoms with Crippen molar-refractivity contribution in [3.8, 4) is 0 Å². The van der Waals surface area contributed by atoms with Crippen molar-refractivity contribution < 1.29 is 4.79 Å². The summed E-state index contributed by atoms with van der Waals surface area (Å²) in [5.41, 5.74) is 1.39. The molecule has 104 valence electrons. The Kier molecular flexibility index (Phi) is 4.99. The zero-order chi connectivity index (χ0) is 14.5. The minimum Gasteiger partial charge on any atom is -0.335 e. The van der Waals surface area contributed by atoms with Gasteiger partial charge in [0.25, 0.3) is 5.91 Å². The molecule has 0 spiro atoms. The Balaban J connectivity index is 2.20. The van der Waals surface area contributed by atoms with Gasteiger partial charge in [-0.15, -0.1) is 0 Å². The van der Waals surface area contributed by atoms with Gasteiger partial charge in [-0.05, 0) is 30.7 Å². The molecule has 3 nitrogen and oxygen atoms in total. The molecule has 20 heavy (non-hydrogen) atoms. The molecule has 1 amide bonds. The molecule has 0 aliphatic heterocycles. The largest absolute Gasteiger partial charge is 0.335 e. The van der Waals surface area contributed by atoms with Crippen LogP contribution in [-0.2, 0) is 6.54 Å². The quantitative estimate of drug-likeness (QED) is 0.853. The maximum atomic E-state index is 12.5. The molecule has 2 rings (SSSR count). The normalized spacial score (nSPS) is 10.3. The average molecular weight is 309 g/mol. The Hall–Kier alpha value is -1.58. The third kappa shape index (κ3) is 3.50. The van der Waals surface area contributed by atoms with Crippen molar-refractivity contribution in [2.24, 2.45) is 0 Å². The molecule has 0 aliphatic carbocycles. The molecule has 0 bridgehead atoms. The van der Waals surface area contributed by atoms with Gasteiger partial charge in [0.15, 0.2) is 0 Å². The monoisotopic (exact) mass is 308 g/mol. The van der Waals surface area contributed by atoms with E-state index >= 15 is 0 Å². The van der Waals surface area contributed by atoms with Gasteiger partial charge >= 0.3 is 0 Å². The molecule has 0 unspecified atom stereocenters. The van der Waals surface area contributed by atoms with Gasteiger partial charge in [-0.25, -0.2) is 0 Å². The van der Waals surface area contributed by atoms with Gasteiger partial charge in [0.2, 0.25) is 0 Å². The Labute approximate surface area is 128 Å². The zero-order valence-electron chi connectivity index (χ0n) is 11.0. The molecule has 0 radical (unpaired) electrons. The number of benzene rings is 1. The zero-order valence-corrected chi connectivity index (χ0v) is 12.5. The average Bonchev–Trinajstić information content (AvgIpc) is 2.44. The minimum absolute atomic E-state index is 0.134. The molecule has 0 fully saturated rings. The van der Waals surface area contributed by atoms with Gasteiger partial charge in [0.05, 0.1) is 10.6 Å². The van der Waals surface area contributed by atoms with E-state index in [2.05, 4.69) is 4.98 Å². The summed E-state index contributed by atoms with van der Waals surface area (Å²) >= 11 is 12.0. The maximum absolute atomic E-state index is 12.5. The number of rotatable bonds is 4. The lowest BCUT2D eigenvalue weighted by Crippen LogP contribution is -2.30. The molecule has 2 aromatic rings. The molecule has 0 saturated carbocycles. The van der Waals surface area contributed by atoms with Crippen LogP contribution < -0.4 is 0 Å². The van der Waals surface area contributed by atoms with Crippen molar-refractivity contribution in [3.05, 3.63) is 63.9 Å². The number of pyridine rings is 1. The van der Waals surface area contributed by atoms with E-state index in [4.69, 9.17) is 23.2 Å². The van der Waals surface area contributed by atoms with Crippen molar-refractivity contribution in [2.45, 2.75) is 13.5 Å². The predicted molar refractivity (Wildman–Crippen MR) is 81.1 cm³/mol. The van der Waals surface area contributed by atoms with Gasteiger partial charge < -0.3 is 4.90 Å². The molecular weight excluding hydrogens is 295 g/mol. The third-order valence-electron chi connectivity index (χ3n) is 2.93. The SMILES string of the molecule is CCN(Cc1cccc(Cl)c1)C(=O)c1cnccc1Cl. The van der Waals surface area contributed by atoms with Gasteiger partial charge in [0.1, 0.15) is 0 Å². The van der Waals surface area contributed by atoms with Crippen molar-refractivity contribution in [1.29, 1.82) is 0 Å². The van der Waals surface area contributed by atoms with Gasteiger partial charge in [-0.1, -0.05) is 35.3 Å². The smallest absolute Gasteiger partial charge is 0.257 e. The molecular formula is C15H14Cl2N2O. The summed E-state index contributed by atoms with van der Waals surface area (Å²) in [4.78, 5) is 18.1. The van der Waals surface area contributed by atoms with Crippen LogP contribution in [0.1, 0.15) is 22.8 Å². The highest BCUT2D eigenvalue weighted by atomic mass is 35.5. The molecule has 1 heterocycles. The van der Waals surface area contributed by atoms with E-state index in [0.29, 0.717) is 28.7 Å². The van der Waals surface area contributed by atoms with Crippen LogP contribution in [0, 0.1) is 0 Å². The highest BCUT2D eigenvalue weighted by Crippen LogP contribution is 2.18. The second-order valence-corrected chi connectivity index (χ2v) is 5.15. The molecule has 0 atom stereocenters. The predicted octanol–water partition coefficient (Wildman–Crippen LogP) is 4.05. The van der Waals surface area contributed by atoms with E-state index in [1.165, 1.54) is 6.20 Å². The van der Waals surface area contributed by atoms with Gasteiger partial charge in [0, 0.05) is 30.5 Å². The van der Waals surface area contributed by atoms with E-state index in [0.717, 1.165) is 5.56 Å². The van der Waals surface area contributed by atoms with Crippen molar-refractivity contribution in [3.63, 3.8) is 0 Å². The van der Waals surface area contributed by atoms with Crippen molar-refractivity contribution in [2.75, 3.05) is 6.54 Å². The van der Waals surface area contributed by atoms with Crippen LogP contribution in [0.4, 0.5) is 0 Å². The summed E-state index contributed by atoms with van der Waals surface area (Å²) in [7, 11) is 0. The van der Waals surface area contributed by atoms with Crippen LogP contribution in [0.2, 0.25) is 10.0 Å². The minimum atomic E-state index is -0.134. The summed E-state index contributed by atoms with van der Waals surface area (Å²) in [6, 6.07) is 9.07. The highest BCUT2D eigenvalue weighted by molar-refractivity contribution is 6.33. The molecule has 0 saturated heterocycles. The first-order chi connectivity index (χ1) is 9.61. The summed E-state index contributed by atoms with van der Waals surface area (Å²) in [6.45, 7) is 2.99. The Morgan fingerprint density at radius 2 is 2.10 bits per heavy atom. The van der Waals surface area contributed by atoms with Crippen LogP contribution in [0.5, 0.6) is 0 Å². The van der Waals surface area contributed by atoms with Crippen LogP contribution in [0.15, 0.2) is 42.7 Å². The fraction of sp³-hybridized carbons (Fsp3) is 0.200. The summed E-state index contributed by atoms with van der Waals surface area (Å²) < 4.78 is 0. The first-order valence-corrected chi connectivity index (χ1v) is 7.00. The van der Waals surface area contributed by atoms with Crippen LogP contribution >= 0.6 is 23.2 Å². The molecule has 1 aromatic heterocycles. The highest BCUT2D eigenvalue weighted by Gasteiger charge is 2.17. The number of hydrogen-bond acceptors (Lipinski definition) is 2. The van der Waals surface area contributed by atoms with E-state index in [9.17, 15) is 4.79 Å². The third-order valence-corrected chi connectivity index (χ3v) is 3.49. The Bertz CT molecular complexity index is 616. The standard InChI is InChI=1S/C15H14Cl2N2O/c1-2-19(10-11-4-3-5-12(16)8-11)15(20)13-9-18-7-6-14(13)17/h3-9H,2,10H2,1H3. The molecule has 0 aliphatic rings. The second kappa shape index (κ2) is 6.73. The van der Waals surface area contributed by atoms with E-state index in [-0.39, 0.29) is 5.91 Å². The topological polar surface area (TPSA) is 33.2 Å². The fourth-order valence-electron chi connectivity index (χ4n) is 1.89. The first kappa shape index (κ1) is 14.8. The van der Waals surface area contributed by atoms with Gasteiger partial charge in [-0.2, -0.15) is 0 Å². The summed E-state index contributed by atoms with van der Waals surface area (Å²) in [5, 5.41) is 1.07. The number of carbonyl (C=O) groups is 1. The van der Waals surface area contributed by atoms with Gasteiger partial charge in [-0.3, -0.25) is 9.78 Å². The van der Waals surface area contributed by atoms with Crippen molar-refractivity contribution in [1.82, 2.24) is 9.88 Å². The number of carbonyl (C=O) groups excluding carboxylic acids is 1. The number of aromatic nitrogens is 1. The van der Waals surface area contributed by atoms with E-state index in [1.54, 1.807) is 23.2 Å². The lowest BCUT2D eigenvalue weighted by atomic mass is 10.2. The lowest BCUT2D eigenvalue weighted by Gasteiger charge is -2.21. The Morgan fingerprint density at radius 3 is 2.75 bits per heavy atom. The van der Waals surface area contributed by atoms with Crippen molar-refractivity contribution >= 4 is 29.1 Å². The lowest BCUT2D eigenvalue weighted by molar-refractivity contribution is 0.0752. The molecule has 1 aromatic carbocycles. The number of hydrogen-bond donors (Lipinski definition) is 0. The molecule has 0 N–H and O–H groups in total. The van der Waals surface area contributed by atoms with E-state index in [1.807, 2.05) is 25.1 Å². The first-order valence-electron chi connectivity index (χ1n) is 6.25. The summed E-state index contributed by atoms with van der Waals surface area (Å²) in [6.07, 6.45) is 3.05. The van der Waals surface area contributed by atoms with Crippen LogP contribution in [0.25, 0.3) is 0 Å².